The first-order valence-electron chi connectivity index (χ1n) is 9.21. The molecular formula is C20H24N4O4. The lowest BCUT2D eigenvalue weighted by Crippen LogP contribution is -2.42. The molecule has 1 spiro atoms. The summed E-state index contributed by atoms with van der Waals surface area (Å²) in [5.41, 5.74) is 1.81. The van der Waals surface area contributed by atoms with Crippen LogP contribution >= 0.6 is 0 Å². The molecule has 8 nitrogen and oxygen atoms in total. The number of rotatable bonds is 3. The van der Waals surface area contributed by atoms with Gasteiger partial charge in [-0.15, -0.1) is 0 Å². The highest BCUT2D eigenvalue weighted by molar-refractivity contribution is 5.97. The number of phenols is 1. The van der Waals surface area contributed by atoms with Gasteiger partial charge >= 0.3 is 0 Å². The monoisotopic (exact) mass is 384 g/mol. The van der Waals surface area contributed by atoms with Gasteiger partial charge in [-0.05, 0) is 24.6 Å². The minimum Gasteiger partial charge on any atom is -0.507 e. The van der Waals surface area contributed by atoms with Crippen molar-refractivity contribution in [3.8, 4) is 11.5 Å². The summed E-state index contributed by atoms with van der Waals surface area (Å²) in [4.78, 5) is 25.9. The molecule has 2 aromatic rings. The third kappa shape index (κ3) is 3.03. The van der Waals surface area contributed by atoms with Gasteiger partial charge in [0.05, 0.1) is 37.0 Å². The second kappa shape index (κ2) is 6.94. The van der Waals surface area contributed by atoms with E-state index in [2.05, 4.69) is 4.98 Å². The minimum atomic E-state index is -0.356. The van der Waals surface area contributed by atoms with Crippen LogP contribution in [0.2, 0.25) is 0 Å². The van der Waals surface area contributed by atoms with Crippen molar-refractivity contribution >= 4 is 11.9 Å². The van der Waals surface area contributed by atoms with Gasteiger partial charge in [0.2, 0.25) is 5.95 Å². The summed E-state index contributed by atoms with van der Waals surface area (Å²) >= 11 is 0. The van der Waals surface area contributed by atoms with Crippen LogP contribution in [0.5, 0.6) is 11.5 Å². The van der Waals surface area contributed by atoms with E-state index in [1.807, 2.05) is 25.2 Å². The molecule has 8 heteroatoms. The molecule has 1 saturated heterocycles. The van der Waals surface area contributed by atoms with Gasteiger partial charge in [-0.25, -0.2) is 9.97 Å². The number of nitrogens with zero attached hydrogens (tertiary/aromatic N) is 4. The average molecular weight is 384 g/mol. The lowest BCUT2D eigenvalue weighted by Gasteiger charge is -2.34. The minimum absolute atomic E-state index is 0.0516. The second-order valence-corrected chi connectivity index (χ2v) is 7.57. The third-order valence-corrected chi connectivity index (χ3v) is 5.47. The molecule has 2 aliphatic heterocycles. The number of carbonyl (C=O) groups excluding carboxylic acids is 1. The predicted molar refractivity (Wildman–Crippen MR) is 103 cm³/mol. The van der Waals surface area contributed by atoms with Crippen molar-refractivity contribution in [1.29, 1.82) is 0 Å². The first kappa shape index (κ1) is 18.5. The molecule has 3 heterocycles. The van der Waals surface area contributed by atoms with Gasteiger partial charge in [0.15, 0.2) is 0 Å². The number of anilines is 1. The number of likely N-dealkylation sites (tertiary alicyclic amines) is 1. The fourth-order valence-corrected chi connectivity index (χ4v) is 3.94. The average Bonchev–Trinajstić information content (AvgIpc) is 3.12. The number of benzene rings is 1. The smallest absolute Gasteiger partial charge is 0.257 e. The summed E-state index contributed by atoms with van der Waals surface area (Å²) in [6.07, 6.45) is 2.57. The second-order valence-electron chi connectivity index (χ2n) is 7.57. The molecule has 1 atom stereocenters. The normalized spacial score (nSPS) is 20.9. The van der Waals surface area contributed by atoms with Gasteiger partial charge in [-0.3, -0.25) is 4.79 Å². The summed E-state index contributed by atoms with van der Waals surface area (Å²) < 4.78 is 11.0. The zero-order valence-electron chi connectivity index (χ0n) is 16.3. The SMILES string of the molecule is COc1ccc(O)c(C(=O)N2CC[C@]3(COCc4cnc(N(C)C)nc43)C2)c1. The number of amides is 1. The third-order valence-electron chi connectivity index (χ3n) is 5.47. The number of ether oxygens (including phenoxy) is 2. The van der Waals surface area contributed by atoms with Crippen molar-refractivity contribution in [3.05, 3.63) is 41.2 Å². The first-order chi connectivity index (χ1) is 13.4. The molecule has 4 rings (SSSR count). The molecule has 1 amide bonds. The first-order valence-corrected chi connectivity index (χ1v) is 9.21. The standard InChI is InChI=1S/C20H24N4O4/c1-23(2)19-21-9-13-10-28-12-20(17(13)22-19)6-7-24(11-20)18(26)15-8-14(27-3)4-5-16(15)25/h4-5,8-9,25H,6-7,10-12H2,1-3H3/t20-/m1/s1. The van der Waals surface area contributed by atoms with E-state index < -0.39 is 0 Å². The van der Waals surface area contributed by atoms with E-state index in [1.54, 1.807) is 17.0 Å². The molecule has 0 radical (unpaired) electrons. The zero-order chi connectivity index (χ0) is 19.9. The van der Waals surface area contributed by atoms with Gasteiger partial charge < -0.3 is 24.4 Å². The van der Waals surface area contributed by atoms with E-state index in [4.69, 9.17) is 14.5 Å². The Bertz CT molecular complexity index is 917. The number of fused-ring (bicyclic) bond motifs is 2. The number of aromatic hydroxyl groups is 1. The molecule has 0 unspecified atom stereocenters. The predicted octanol–water partition coefficient (Wildman–Crippen LogP) is 1.57. The van der Waals surface area contributed by atoms with Gasteiger partial charge in [0.1, 0.15) is 11.5 Å². The molecule has 1 fully saturated rings. The van der Waals surface area contributed by atoms with Gasteiger partial charge in [0, 0.05) is 38.9 Å². The molecule has 0 saturated carbocycles. The highest BCUT2D eigenvalue weighted by Gasteiger charge is 2.46. The molecule has 0 bridgehead atoms. The van der Waals surface area contributed by atoms with Crippen molar-refractivity contribution in [3.63, 3.8) is 0 Å². The molecule has 2 aliphatic rings. The van der Waals surface area contributed by atoms with Crippen LogP contribution in [0.1, 0.15) is 28.0 Å². The maximum atomic E-state index is 13.1. The van der Waals surface area contributed by atoms with Crippen LogP contribution < -0.4 is 9.64 Å². The van der Waals surface area contributed by atoms with Crippen LogP contribution in [0.15, 0.2) is 24.4 Å². The number of hydrogen-bond donors (Lipinski definition) is 1. The number of carbonyl (C=O) groups is 1. The largest absolute Gasteiger partial charge is 0.507 e. The molecule has 1 aromatic heterocycles. The Balaban J connectivity index is 1.65. The fourth-order valence-electron chi connectivity index (χ4n) is 3.94. The Hall–Kier alpha value is -2.87. The zero-order valence-corrected chi connectivity index (χ0v) is 16.3. The van der Waals surface area contributed by atoms with Crippen LogP contribution in [-0.4, -0.2) is 66.8 Å². The lowest BCUT2D eigenvalue weighted by atomic mass is 9.80. The molecule has 28 heavy (non-hydrogen) atoms. The summed E-state index contributed by atoms with van der Waals surface area (Å²) in [5, 5.41) is 10.2. The Kier molecular flexibility index (Phi) is 4.58. The number of methoxy groups -OCH3 is 1. The fraction of sp³-hybridized carbons (Fsp3) is 0.450. The summed E-state index contributed by atoms with van der Waals surface area (Å²) in [6, 6.07) is 4.68. The van der Waals surface area contributed by atoms with Crippen LogP contribution in [0.25, 0.3) is 0 Å². The van der Waals surface area contributed by atoms with Crippen LogP contribution in [0.4, 0.5) is 5.95 Å². The molecule has 148 valence electrons. The van der Waals surface area contributed by atoms with Crippen molar-refractivity contribution in [2.45, 2.75) is 18.4 Å². The van der Waals surface area contributed by atoms with E-state index >= 15 is 0 Å². The van der Waals surface area contributed by atoms with Gasteiger partial charge in [-0.1, -0.05) is 0 Å². The number of phenolic OH excluding ortho intramolecular Hbond substituents is 1. The van der Waals surface area contributed by atoms with Crippen LogP contribution in [0.3, 0.4) is 0 Å². The summed E-state index contributed by atoms with van der Waals surface area (Å²) in [5.74, 6) is 0.909. The van der Waals surface area contributed by atoms with Crippen molar-refractivity contribution in [1.82, 2.24) is 14.9 Å². The topological polar surface area (TPSA) is 88.0 Å². The van der Waals surface area contributed by atoms with Crippen LogP contribution in [-0.2, 0) is 16.8 Å². The van der Waals surface area contributed by atoms with E-state index in [0.29, 0.717) is 38.0 Å². The highest BCUT2D eigenvalue weighted by atomic mass is 16.5. The number of aromatic nitrogens is 2. The van der Waals surface area contributed by atoms with Crippen molar-refractivity contribution in [2.24, 2.45) is 0 Å². The van der Waals surface area contributed by atoms with E-state index in [0.717, 1.165) is 17.7 Å². The quantitative estimate of drug-likeness (QED) is 0.859. The van der Waals surface area contributed by atoms with Crippen molar-refractivity contribution < 1.29 is 19.4 Å². The summed E-state index contributed by atoms with van der Waals surface area (Å²) in [6.45, 7) is 2.05. The highest BCUT2D eigenvalue weighted by Crippen LogP contribution is 2.40. The molecule has 1 aromatic carbocycles. The Morgan fingerprint density at radius 1 is 1.39 bits per heavy atom. The van der Waals surface area contributed by atoms with Gasteiger partial charge in [-0.2, -0.15) is 0 Å². The maximum Gasteiger partial charge on any atom is 0.257 e. The Labute approximate surface area is 163 Å². The van der Waals surface area contributed by atoms with E-state index in [-0.39, 0.29) is 22.6 Å². The molecule has 1 N–H and O–H groups in total. The Morgan fingerprint density at radius 2 is 2.21 bits per heavy atom. The van der Waals surface area contributed by atoms with Crippen LogP contribution in [0, 0.1) is 0 Å². The van der Waals surface area contributed by atoms with E-state index in [9.17, 15) is 9.90 Å². The number of hydrogen-bond acceptors (Lipinski definition) is 7. The summed E-state index contributed by atoms with van der Waals surface area (Å²) in [7, 11) is 5.34. The molecule has 0 aliphatic carbocycles. The van der Waals surface area contributed by atoms with Crippen molar-refractivity contribution in [2.75, 3.05) is 45.8 Å². The lowest BCUT2D eigenvalue weighted by molar-refractivity contribution is 0.0484. The Morgan fingerprint density at radius 3 is 2.96 bits per heavy atom. The van der Waals surface area contributed by atoms with Gasteiger partial charge in [0.25, 0.3) is 5.91 Å². The van der Waals surface area contributed by atoms with E-state index in [1.165, 1.54) is 13.2 Å². The maximum absolute atomic E-state index is 13.1. The molecular weight excluding hydrogens is 360 g/mol.